The van der Waals surface area contributed by atoms with Gasteiger partial charge in [0.15, 0.2) is 0 Å². The van der Waals surface area contributed by atoms with Crippen LogP contribution in [0.15, 0.2) is 60.7 Å². The maximum Gasteiger partial charge on any atom is 0.00667 e. The van der Waals surface area contributed by atoms with Crippen LogP contribution in [-0.2, 0) is 0 Å². The van der Waals surface area contributed by atoms with Crippen molar-refractivity contribution in [2.75, 3.05) is 0 Å². The summed E-state index contributed by atoms with van der Waals surface area (Å²) >= 11 is 0. The van der Waals surface area contributed by atoms with Crippen molar-refractivity contribution in [1.82, 2.24) is 0 Å². The first-order valence-corrected chi connectivity index (χ1v) is 6.07. The molecular weight excluding hydrogens is 192 g/mol. The molecule has 78 valence electrons. The Kier molecular flexibility index (Phi) is 1.59. The molecule has 0 heterocycles. The van der Waals surface area contributed by atoms with E-state index in [-0.39, 0.29) is 0 Å². The Bertz CT molecular complexity index is 504. The minimum atomic E-state index is 0.660. The molecule has 0 spiro atoms. The Morgan fingerprint density at radius 3 is 2.38 bits per heavy atom. The van der Waals surface area contributed by atoms with E-state index < -0.39 is 0 Å². The van der Waals surface area contributed by atoms with Crippen molar-refractivity contribution >= 4 is 5.57 Å². The van der Waals surface area contributed by atoms with Crippen molar-refractivity contribution in [3.63, 3.8) is 0 Å². The molecule has 0 aromatic heterocycles. The lowest BCUT2D eigenvalue weighted by Crippen LogP contribution is -2.12. The first kappa shape index (κ1) is 8.58. The van der Waals surface area contributed by atoms with Gasteiger partial charge in [0.05, 0.1) is 0 Å². The van der Waals surface area contributed by atoms with Crippen LogP contribution >= 0.6 is 0 Å². The van der Waals surface area contributed by atoms with Crippen LogP contribution in [0.3, 0.4) is 0 Å². The topological polar surface area (TPSA) is 0 Å². The second-order valence-electron chi connectivity index (χ2n) is 5.02. The molecule has 4 rings (SSSR count). The molecule has 0 nitrogen and oxygen atoms in total. The average molecular weight is 206 g/mol. The summed E-state index contributed by atoms with van der Waals surface area (Å²) in [6.07, 6.45) is 12.1. The van der Waals surface area contributed by atoms with Gasteiger partial charge in [-0.05, 0) is 28.9 Å². The fourth-order valence-corrected chi connectivity index (χ4v) is 3.53. The third kappa shape index (κ3) is 0.996. The molecule has 1 aromatic rings. The van der Waals surface area contributed by atoms with Crippen molar-refractivity contribution in [1.29, 1.82) is 0 Å². The summed E-state index contributed by atoms with van der Waals surface area (Å²) in [7, 11) is 0. The van der Waals surface area contributed by atoms with Gasteiger partial charge in [-0.2, -0.15) is 0 Å². The lowest BCUT2D eigenvalue weighted by Gasteiger charge is -2.17. The third-order valence-corrected chi connectivity index (χ3v) is 4.24. The van der Waals surface area contributed by atoms with Crippen molar-refractivity contribution in [3.8, 4) is 0 Å². The monoisotopic (exact) mass is 206 g/mol. The lowest BCUT2D eigenvalue weighted by atomic mass is 9.85. The van der Waals surface area contributed by atoms with Crippen LogP contribution in [0.4, 0.5) is 0 Å². The van der Waals surface area contributed by atoms with Crippen molar-refractivity contribution < 1.29 is 0 Å². The van der Waals surface area contributed by atoms with Gasteiger partial charge in [0.25, 0.3) is 0 Å². The molecule has 0 saturated heterocycles. The average Bonchev–Trinajstić information content (AvgIpc) is 2.99. The molecule has 0 saturated carbocycles. The van der Waals surface area contributed by atoms with Crippen LogP contribution in [0.2, 0.25) is 0 Å². The highest BCUT2D eigenvalue weighted by atomic mass is 14.5. The summed E-state index contributed by atoms with van der Waals surface area (Å²) in [5.41, 5.74) is 2.94. The molecular formula is C16H14. The Morgan fingerprint density at radius 2 is 1.50 bits per heavy atom. The largest absolute Gasteiger partial charge is 0.0807 e. The second kappa shape index (κ2) is 2.98. The van der Waals surface area contributed by atoms with Crippen LogP contribution < -0.4 is 0 Å². The van der Waals surface area contributed by atoms with E-state index in [0.717, 1.165) is 5.92 Å². The normalized spacial score (nSPS) is 37.9. The molecule has 0 unspecified atom stereocenters. The fourth-order valence-electron chi connectivity index (χ4n) is 3.53. The van der Waals surface area contributed by atoms with Crippen LogP contribution in [0.1, 0.15) is 5.56 Å². The maximum atomic E-state index is 2.48. The zero-order valence-corrected chi connectivity index (χ0v) is 9.08. The summed E-state index contributed by atoms with van der Waals surface area (Å²) in [5, 5.41) is 0. The first-order valence-electron chi connectivity index (χ1n) is 6.07. The molecule has 3 aliphatic rings. The molecule has 0 fully saturated rings. The van der Waals surface area contributed by atoms with Gasteiger partial charge in [0, 0.05) is 5.92 Å². The van der Waals surface area contributed by atoms with E-state index in [1.165, 1.54) is 5.56 Å². The molecule has 0 bridgehead atoms. The quantitative estimate of drug-likeness (QED) is 0.615. The van der Waals surface area contributed by atoms with Gasteiger partial charge in [-0.1, -0.05) is 60.7 Å². The summed E-state index contributed by atoms with van der Waals surface area (Å²) in [5.74, 6) is 2.84. The van der Waals surface area contributed by atoms with Gasteiger partial charge < -0.3 is 0 Å². The minimum absolute atomic E-state index is 0.660. The summed E-state index contributed by atoms with van der Waals surface area (Å²) in [6.45, 7) is 0. The van der Waals surface area contributed by atoms with E-state index in [2.05, 4.69) is 60.7 Å². The third-order valence-electron chi connectivity index (χ3n) is 4.24. The molecule has 0 aliphatic heterocycles. The molecule has 16 heavy (non-hydrogen) atoms. The van der Waals surface area contributed by atoms with E-state index in [4.69, 9.17) is 0 Å². The fraction of sp³-hybridized carbons (Fsp3) is 0.250. The maximum absolute atomic E-state index is 2.48. The zero-order chi connectivity index (χ0) is 10.5. The van der Waals surface area contributed by atoms with E-state index in [9.17, 15) is 0 Å². The van der Waals surface area contributed by atoms with Gasteiger partial charge in [-0.3, -0.25) is 0 Å². The van der Waals surface area contributed by atoms with Crippen molar-refractivity contribution in [2.45, 2.75) is 0 Å². The van der Waals surface area contributed by atoms with Gasteiger partial charge in [0.1, 0.15) is 0 Å². The molecule has 4 atom stereocenters. The van der Waals surface area contributed by atoms with Crippen LogP contribution in [0.25, 0.3) is 5.57 Å². The molecule has 3 aliphatic carbocycles. The predicted octanol–water partition coefficient (Wildman–Crippen LogP) is 3.69. The van der Waals surface area contributed by atoms with E-state index in [1.807, 2.05) is 0 Å². The van der Waals surface area contributed by atoms with Crippen LogP contribution in [0.5, 0.6) is 0 Å². The predicted molar refractivity (Wildman–Crippen MR) is 66.7 cm³/mol. The summed E-state index contributed by atoms with van der Waals surface area (Å²) < 4.78 is 0. The van der Waals surface area contributed by atoms with Gasteiger partial charge >= 0.3 is 0 Å². The lowest BCUT2D eigenvalue weighted by molar-refractivity contribution is 0.423. The standard InChI is InChI=1S/C16H14/c1-2-4-11(5-3-1)15-10-13-7-6-12-8-9-14(15)16(12)13/h1-10,12-14,16H/t12-,13+,14-,16+/m0/s1. The Hall–Kier alpha value is -1.56. The van der Waals surface area contributed by atoms with E-state index in [0.29, 0.717) is 17.8 Å². The summed E-state index contributed by atoms with van der Waals surface area (Å²) in [4.78, 5) is 0. The molecule has 0 N–H and O–H groups in total. The van der Waals surface area contributed by atoms with Crippen molar-refractivity contribution in [3.05, 3.63) is 66.3 Å². The second-order valence-corrected chi connectivity index (χ2v) is 5.02. The highest BCUT2D eigenvalue weighted by Gasteiger charge is 2.44. The highest BCUT2D eigenvalue weighted by molar-refractivity contribution is 5.73. The highest BCUT2D eigenvalue weighted by Crippen LogP contribution is 2.53. The number of allylic oxidation sites excluding steroid dienone is 6. The Balaban J connectivity index is 1.82. The number of benzene rings is 1. The van der Waals surface area contributed by atoms with E-state index in [1.54, 1.807) is 5.57 Å². The minimum Gasteiger partial charge on any atom is -0.0807 e. The van der Waals surface area contributed by atoms with Crippen LogP contribution in [0, 0.1) is 23.7 Å². The van der Waals surface area contributed by atoms with Gasteiger partial charge in [0.2, 0.25) is 0 Å². The number of hydrogen-bond acceptors (Lipinski definition) is 0. The number of hydrogen-bond donors (Lipinski definition) is 0. The SMILES string of the molecule is C1=C[C@@H]2C=C(c3ccccc3)[C@@H]3C=C[C@H]1[C@H]23. The molecule has 1 aromatic carbocycles. The Morgan fingerprint density at radius 1 is 0.750 bits per heavy atom. The van der Waals surface area contributed by atoms with Crippen LogP contribution in [-0.4, -0.2) is 0 Å². The van der Waals surface area contributed by atoms with E-state index >= 15 is 0 Å². The molecule has 0 amide bonds. The number of rotatable bonds is 1. The summed E-state index contributed by atoms with van der Waals surface area (Å²) in [6, 6.07) is 10.8. The smallest absolute Gasteiger partial charge is 0.00667 e. The molecule has 0 heteroatoms. The van der Waals surface area contributed by atoms with Gasteiger partial charge in [-0.15, -0.1) is 0 Å². The Labute approximate surface area is 96.0 Å². The van der Waals surface area contributed by atoms with Gasteiger partial charge in [-0.25, -0.2) is 0 Å². The molecule has 0 radical (unpaired) electrons. The van der Waals surface area contributed by atoms with Crippen molar-refractivity contribution in [2.24, 2.45) is 23.7 Å². The first-order chi connectivity index (χ1) is 7.93. The zero-order valence-electron chi connectivity index (χ0n) is 9.08.